The highest BCUT2D eigenvalue weighted by Gasteiger charge is 2.31. The third-order valence-corrected chi connectivity index (χ3v) is 4.35. The van der Waals surface area contributed by atoms with E-state index >= 15 is 0 Å². The van der Waals surface area contributed by atoms with E-state index in [-0.39, 0.29) is 0 Å². The summed E-state index contributed by atoms with van der Waals surface area (Å²) in [5, 5.41) is 9.05. The average molecular weight is 261 g/mol. The summed E-state index contributed by atoms with van der Waals surface area (Å²) in [4.78, 5) is 13.2. The Bertz CT molecular complexity index is 271. The molecule has 1 aliphatic rings. The Morgan fingerprint density at radius 1 is 1.25 bits per heavy atom. The third kappa shape index (κ3) is 3.94. The van der Waals surface area contributed by atoms with Gasteiger partial charge < -0.3 is 10.0 Å². The molecule has 1 saturated heterocycles. The molecule has 1 heterocycles. The van der Waals surface area contributed by atoms with E-state index < -0.39 is 10.7 Å². The standard InChI is InChI=1S/C11H19NO2S2/c1-11(2,9(13)14)16-10(15)12-7-5-3-4-6-8-12/h3-8H2,1-2H3,(H,13,14). The zero-order chi connectivity index (χ0) is 12.2. The van der Waals surface area contributed by atoms with Crippen molar-refractivity contribution < 1.29 is 9.90 Å². The topological polar surface area (TPSA) is 40.5 Å². The van der Waals surface area contributed by atoms with Crippen LogP contribution in [0.5, 0.6) is 0 Å². The highest BCUT2D eigenvalue weighted by Crippen LogP contribution is 2.28. The van der Waals surface area contributed by atoms with E-state index in [9.17, 15) is 4.79 Å². The van der Waals surface area contributed by atoms with Gasteiger partial charge in [0.2, 0.25) is 0 Å². The molecule has 0 aromatic heterocycles. The molecular formula is C11H19NO2S2. The van der Waals surface area contributed by atoms with E-state index in [1.165, 1.54) is 24.6 Å². The number of hydrogen-bond donors (Lipinski definition) is 1. The quantitative estimate of drug-likeness (QED) is 0.774. The highest BCUT2D eigenvalue weighted by molar-refractivity contribution is 8.24. The summed E-state index contributed by atoms with van der Waals surface area (Å²) in [6, 6.07) is 0. The number of carboxylic acid groups (broad SMARTS) is 1. The number of aliphatic carboxylic acids is 1. The van der Waals surface area contributed by atoms with E-state index in [0.29, 0.717) is 0 Å². The molecule has 0 unspecified atom stereocenters. The molecule has 1 aliphatic heterocycles. The molecule has 5 heteroatoms. The Hall–Kier alpha value is -0.290. The maximum atomic E-state index is 11.0. The summed E-state index contributed by atoms with van der Waals surface area (Å²) in [6.07, 6.45) is 4.83. The Kier molecular flexibility index (Phi) is 5.05. The summed E-state index contributed by atoms with van der Waals surface area (Å²) >= 11 is 6.61. The van der Waals surface area contributed by atoms with E-state index in [2.05, 4.69) is 4.90 Å². The molecule has 0 aromatic rings. The lowest BCUT2D eigenvalue weighted by Crippen LogP contribution is -2.35. The molecule has 0 bridgehead atoms. The molecule has 1 rings (SSSR count). The van der Waals surface area contributed by atoms with Crippen LogP contribution in [0, 0.1) is 0 Å². The Morgan fingerprint density at radius 2 is 1.75 bits per heavy atom. The van der Waals surface area contributed by atoms with Gasteiger partial charge >= 0.3 is 5.97 Å². The molecule has 0 amide bonds. The first-order valence-electron chi connectivity index (χ1n) is 5.65. The zero-order valence-electron chi connectivity index (χ0n) is 9.86. The minimum atomic E-state index is -0.830. The highest BCUT2D eigenvalue weighted by atomic mass is 32.2. The predicted molar refractivity (Wildman–Crippen MR) is 71.9 cm³/mol. The Labute approximate surface area is 107 Å². The van der Waals surface area contributed by atoms with Crippen molar-refractivity contribution in [2.24, 2.45) is 0 Å². The normalized spacial score (nSPS) is 18.0. The molecule has 92 valence electrons. The van der Waals surface area contributed by atoms with Gasteiger partial charge in [-0.2, -0.15) is 0 Å². The first-order valence-corrected chi connectivity index (χ1v) is 6.87. The van der Waals surface area contributed by atoms with Gasteiger partial charge in [0.1, 0.15) is 9.07 Å². The van der Waals surface area contributed by atoms with Gasteiger partial charge in [-0.25, -0.2) is 0 Å². The fraction of sp³-hybridized carbons (Fsp3) is 0.818. The van der Waals surface area contributed by atoms with Crippen LogP contribution >= 0.6 is 24.0 Å². The fourth-order valence-electron chi connectivity index (χ4n) is 1.58. The lowest BCUT2D eigenvalue weighted by atomic mass is 10.2. The molecular weight excluding hydrogens is 242 g/mol. The second kappa shape index (κ2) is 5.87. The van der Waals surface area contributed by atoms with Crippen LogP contribution in [0.15, 0.2) is 0 Å². The van der Waals surface area contributed by atoms with E-state index in [1.54, 1.807) is 13.8 Å². The molecule has 0 aliphatic carbocycles. The maximum absolute atomic E-state index is 11.0. The number of nitrogens with zero attached hydrogens (tertiary/aromatic N) is 1. The number of hydrogen-bond acceptors (Lipinski definition) is 3. The smallest absolute Gasteiger partial charge is 0.319 e. The van der Waals surface area contributed by atoms with Gasteiger partial charge in [-0.15, -0.1) is 0 Å². The van der Waals surface area contributed by atoms with Gasteiger partial charge in [0, 0.05) is 13.1 Å². The van der Waals surface area contributed by atoms with E-state index in [1.807, 2.05) is 0 Å². The molecule has 0 radical (unpaired) electrons. The molecule has 0 atom stereocenters. The Morgan fingerprint density at radius 3 is 2.19 bits per heavy atom. The lowest BCUT2D eigenvalue weighted by Gasteiger charge is -2.27. The molecule has 16 heavy (non-hydrogen) atoms. The number of thioether (sulfide) groups is 1. The number of carbonyl (C=O) groups is 1. The van der Waals surface area contributed by atoms with Crippen LogP contribution < -0.4 is 0 Å². The van der Waals surface area contributed by atoms with Crippen molar-refractivity contribution in [1.82, 2.24) is 4.90 Å². The SMILES string of the molecule is CC(C)(SC(=S)N1CCCCCC1)C(=O)O. The van der Waals surface area contributed by atoms with Crippen LogP contribution in [0.1, 0.15) is 39.5 Å². The number of thiocarbonyl (C=S) groups is 1. The number of carboxylic acids is 1. The van der Waals surface area contributed by atoms with Crippen molar-refractivity contribution in [2.75, 3.05) is 13.1 Å². The average Bonchev–Trinajstić information content (AvgIpc) is 2.44. The first kappa shape index (κ1) is 13.8. The van der Waals surface area contributed by atoms with Crippen molar-refractivity contribution in [3.63, 3.8) is 0 Å². The molecule has 0 aromatic carbocycles. The van der Waals surface area contributed by atoms with Crippen LogP contribution in [0.25, 0.3) is 0 Å². The molecule has 1 N–H and O–H groups in total. The van der Waals surface area contributed by atoms with Gasteiger partial charge in [-0.3, -0.25) is 4.79 Å². The van der Waals surface area contributed by atoms with Gasteiger partial charge in [0.25, 0.3) is 0 Å². The molecule has 1 fully saturated rings. The fourth-order valence-corrected chi connectivity index (χ4v) is 3.22. The Balaban J connectivity index is 2.53. The molecule has 0 saturated carbocycles. The minimum Gasteiger partial charge on any atom is -0.480 e. The summed E-state index contributed by atoms with van der Waals surface area (Å²) in [5.41, 5.74) is 0. The third-order valence-electron chi connectivity index (χ3n) is 2.72. The minimum absolute atomic E-state index is 0.731. The second-order valence-electron chi connectivity index (χ2n) is 4.58. The van der Waals surface area contributed by atoms with Crippen LogP contribution in [0.2, 0.25) is 0 Å². The molecule has 0 spiro atoms. The number of likely N-dealkylation sites (tertiary alicyclic amines) is 1. The van der Waals surface area contributed by atoms with Crippen LogP contribution in [-0.2, 0) is 4.79 Å². The van der Waals surface area contributed by atoms with Crippen LogP contribution in [0.4, 0.5) is 0 Å². The van der Waals surface area contributed by atoms with Gasteiger partial charge in [0.05, 0.1) is 0 Å². The second-order valence-corrected chi connectivity index (χ2v) is 6.84. The van der Waals surface area contributed by atoms with Crippen molar-refractivity contribution in [2.45, 2.75) is 44.3 Å². The van der Waals surface area contributed by atoms with Gasteiger partial charge in [-0.05, 0) is 26.7 Å². The monoisotopic (exact) mass is 261 g/mol. The van der Waals surface area contributed by atoms with Crippen molar-refractivity contribution in [3.05, 3.63) is 0 Å². The van der Waals surface area contributed by atoms with Crippen molar-refractivity contribution >= 4 is 34.3 Å². The maximum Gasteiger partial charge on any atom is 0.319 e. The zero-order valence-corrected chi connectivity index (χ0v) is 11.5. The first-order chi connectivity index (χ1) is 7.43. The predicted octanol–water partition coefficient (Wildman–Crippen LogP) is 2.74. The van der Waals surface area contributed by atoms with Crippen molar-refractivity contribution in [3.8, 4) is 0 Å². The number of rotatable bonds is 2. The lowest BCUT2D eigenvalue weighted by molar-refractivity contribution is -0.138. The largest absolute Gasteiger partial charge is 0.480 e. The summed E-state index contributed by atoms with van der Waals surface area (Å²) in [6.45, 7) is 5.34. The van der Waals surface area contributed by atoms with Crippen molar-refractivity contribution in [1.29, 1.82) is 0 Å². The summed E-state index contributed by atoms with van der Waals surface area (Å²) in [7, 11) is 0. The van der Waals surface area contributed by atoms with E-state index in [4.69, 9.17) is 17.3 Å². The van der Waals surface area contributed by atoms with Gasteiger partial charge in [-0.1, -0.05) is 36.8 Å². The molecule has 3 nitrogen and oxygen atoms in total. The van der Waals surface area contributed by atoms with E-state index in [0.717, 1.165) is 30.3 Å². The van der Waals surface area contributed by atoms with Crippen LogP contribution in [-0.4, -0.2) is 38.1 Å². The summed E-state index contributed by atoms with van der Waals surface area (Å²) < 4.78 is -0.0991. The summed E-state index contributed by atoms with van der Waals surface area (Å²) in [5.74, 6) is -0.810. The van der Waals surface area contributed by atoms with Crippen LogP contribution in [0.3, 0.4) is 0 Å². The van der Waals surface area contributed by atoms with Gasteiger partial charge in [0.15, 0.2) is 0 Å².